The first-order chi connectivity index (χ1) is 5.54. The van der Waals surface area contributed by atoms with E-state index in [1.165, 1.54) is 0 Å². The molecule has 1 amide bonds. The summed E-state index contributed by atoms with van der Waals surface area (Å²) in [5.74, 6) is -1.80. The fourth-order valence-electron chi connectivity index (χ4n) is 0.528. The predicted molar refractivity (Wildman–Crippen MR) is 34.9 cm³/mol. The highest BCUT2D eigenvalue weighted by Gasteiger charge is 1.98. The summed E-state index contributed by atoms with van der Waals surface area (Å²) < 4.78 is 26.9. The van der Waals surface area contributed by atoms with Gasteiger partial charge in [-0.3, -0.25) is 4.79 Å². The third-order valence-corrected chi connectivity index (χ3v) is 0.948. The molecular formula is C7H6FNO. The van der Waals surface area contributed by atoms with E-state index >= 15 is 0 Å². The van der Waals surface area contributed by atoms with Gasteiger partial charge in [-0.05, 0) is 18.2 Å². The van der Waals surface area contributed by atoms with Gasteiger partial charge in [-0.1, -0.05) is 6.07 Å². The Kier molecular flexibility index (Phi) is 1.10. The number of hydrogen-bond donors (Lipinski definition) is 1. The van der Waals surface area contributed by atoms with Gasteiger partial charge in [0.2, 0.25) is 5.91 Å². The van der Waals surface area contributed by atoms with Crippen molar-refractivity contribution in [1.29, 1.82) is 0 Å². The first-order valence-corrected chi connectivity index (χ1v) is 2.59. The molecule has 2 N–H and O–H groups in total. The zero-order chi connectivity index (χ0) is 9.30. The van der Waals surface area contributed by atoms with Crippen LogP contribution < -0.4 is 5.73 Å². The van der Waals surface area contributed by atoms with Crippen molar-refractivity contribution in [2.24, 2.45) is 5.73 Å². The molecule has 0 spiro atoms. The smallest absolute Gasteiger partial charge is 0.248 e. The highest BCUT2D eigenvalue weighted by Crippen LogP contribution is 2.01. The molecule has 3 heteroatoms. The molecule has 0 saturated carbocycles. The SMILES string of the molecule is [2H]c1ccc(F)c([2H])c1C(N)=O. The third kappa shape index (κ3) is 1.31. The fourth-order valence-corrected chi connectivity index (χ4v) is 0.528. The van der Waals surface area contributed by atoms with Crippen LogP contribution >= 0.6 is 0 Å². The number of carbonyl (C=O) groups is 1. The molecule has 0 aliphatic heterocycles. The predicted octanol–water partition coefficient (Wildman–Crippen LogP) is 0.925. The Morgan fingerprint density at radius 2 is 2.50 bits per heavy atom. The van der Waals surface area contributed by atoms with Crippen LogP contribution in [-0.2, 0) is 0 Å². The number of rotatable bonds is 1. The Morgan fingerprint density at radius 1 is 1.80 bits per heavy atom. The van der Waals surface area contributed by atoms with Gasteiger partial charge in [0.05, 0.1) is 2.74 Å². The number of benzene rings is 1. The molecule has 0 aromatic heterocycles. The van der Waals surface area contributed by atoms with E-state index in [2.05, 4.69) is 0 Å². The van der Waals surface area contributed by atoms with Crippen LogP contribution in [0.4, 0.5) is 4.39 Å². The molecule has 1 rings (SSSR count). The summed E-state index contributed by atoms with van der Waals surface area (Å²) in [4.78, 5) is 10.6. The molecule has 0 saturated heterocycles. The highest BCUT2D eigenvalue weighted by atomic mass is 19.1. The number of hydrogen-bond acceptors (Lipinski definition) is 1. The van der Waals surface area contributed by atoms with Gasteiger partial charge in [-0.15, -0.1) is 0 Å². The lowest BCUT2D eigenvalue weighted by Crippen LogP contribution is -2.10. The second-order valence-electron chi connectivity index (χ2n) is 1.69. The summed E-state index contributed by atoms with van der Waals surface area (Å²) >= 11 is 0. The minimum Gasteiger partial charge on any atom is -0.366 e. The minimum atomic E-state index is -0.954. The standard InChI is InChI=1S/C7H6FNO/c8-6-3-1-2-5(4-6)7(9)10/h1-4H,(H2,9,10)/i2D,4D. The maximum absolute atomic E-state index is 12.6. The van der Waals surface area contributed by atoms with Crippen molar-refractivity contribution >= 4 is 5.91 Å². The lowest BCUT2D eigenvalue weighted by Gasteiger charge is -1.92. The zero-order valence-corrected chi connectivity index (χ0v) is 5.02. The van der Waals surface area contributed by atoms with Gasteiger partial charge in [0, 0.05) is 5.56 Å². The first-order valence-electron chi connectivity index (χ1n) is 3.59. The number of carbonyl (C=O) groups excluding carboxylic acids is 1. The molecule has 52 valence electrons. The summed E-state index contributed by atoms with van der Waals surface area (Å²) in [7, 11) is 0. The maximum Gasteiger partial charge on any atom is 0.248 e. The van der Waals surface area contributed by atoms with Crippen LogP contribution in [0.3, 0.4) is 0 Å². The molecule has 0 aliphatic rings. The lowest BCUT2D eigenvalue weighted by atomic mass is 10.2. The van der Waals surface area contributed by atoms with E-state index in [-0.39, 0.29) is 11.6 Å². The highest BCUT2D eigenvalue weighted by molar-refractivity contribution is 5.92. The van der Waals surface area contributed by atoms with Gasteiger partial charge < -0.3 is 5.73 Å². The zero-order valence-electron chi connectivity index (χ0n) is 7.02. The Morgan fingerprint density at radius 3 is 3.00 bits per heavy atom. The first kappa shape index (κ1) is 4.44. The van der Waals surface area contributed by atoms with Gasteiger partial charge in [-0.2, -0.15) is 0 Å². The van der Waals surface area contributed by atoms with Crippen LogP contribution in [0.15, 0.2) is 24.2 Å². The molecule has 0 atom stereocenters. The summed E-state index contributed by atoms with van der Waals surface area (Å²) in [6.07, 6.45) is 0. The third-order valence-electron chi connectivity index (χ3n) is 0.948. The van der Waals surface area contributed by atoms with Crippen LogP contribution in [-0.4, -0.2) is 5.91 Å². The Balaban J connectivity index is 3.43. The van der Waals surface area contributed by atoms with E-state index in [0.717, 1.165) is 12.1 Å². The molecule has 0 heterocycles. The van der Waals surface area contributed by atoms with Gasteiger partial charge in [0.15, 0.2) is 0 Å². The van der Waals surface area contributed by atoms with E-state index in [0.29, 0.717) is 0 Å². The number of primary amides is 1. The summed E-state index contributed by atoms with van der Waals surface area (Å²) in [6.45, 7) is 0. The molecule has 1 aromatic carbocycles. The molecule has 0 aliphatic carbocycles. The number of amides is 1. The fraction of sp³-hybridized carbons (Fsp3) is 0. The quantitative estimate of drug-likeness (QED) is 0.621. The molecule has 0 unspecified atom stereocenters. The van der Waals surface area contributed by atoms with Crippen LogP contribution in [0.2, 0.25) is 0 Å². The Labute approximate surface area is 60.3 Å². The van der Waals surface area contributed by atoms with Crippen molar-refractivity contribution in [3.05, 3.63) is 35.6 Å². The van der Waals surface area contributed by atoms with Gasteiger partial charge >= 0.3 is 0 Å². The van der Waals surface area contributed by atoms with Crippen molar-refractivity contribution in [3.63, 3.8) is 0 Å². The van der Waals surface area contributed by atoms with Gasteiger partial charge in [0.1, 0.15) is 5.82 Å². The molecular weight excluding hydrogens is 133 g/mol. The van der Waals surface area contributed by atoms with Crippen molar-refractivity contribution in [1.82, 2.24) is 0 Å². The molecule has 10 heavy (non-hydrogen) atoms. The van der Waals surface area contributed by atoms with Crippen molar-refractivity contribution < 1.29 is 11.9 Å². The normalized spacial score (nSPS) is 12.1. The van der Waals surface area contributed by atoms with E-state index in [9.17, 15) is 9.18 Å². The summed E-state index contributed by atoms with van der Waals surface area (Å²) in [6, 6.07) is 1.20. The topological polar surface area (TPSA) is 43.1 Å². The molecule has 0 bridgehead atoms. The summed E-state index contributed by atoms with van der Waals surface area (Å²) in [5, 5.41) is 0. The van der Waals surface area contributed by atoms with Crippen LogP contribution in [0.5, 0.6) is 0 Å². The monoisotopic (exact) mass is 141 g/mol. The molecule has 0 radical (unpaired) electrons. The van der Waals surface area contributed by atoms with E-state index in [1.54, 1.807) is 0 Å². The maximum atomic E-state index is 12.6. The van der Waals surface area contributed by atoms with Crippen LogP contribution in [0, 0.1) is 5.82 Å². The lowest BCUT2D eigenvalue weighted by molar-refractivity contribution is 0.1000. The van der Waals surface area contributed by atoms with E-state index in [4.69, 9.17) is 8.48 Å². The largest absolute Gasteiger partial charge is 0.366 e. The van der Waals surface area contributed by atoms with Gasteiger partial charge in [0.25, 0.3) is 0 Å². The van der Waals surface area contributed by atoms with E-state index in [1.807, 2.05) is 0 Å². The number of halogens is 1. The molecule has 0 fully saturated rings. The number of nitrogens with two attached hydrogens (primary N) is 1. The van der Waals surface area contributed by atoms with Crippen molar-refractivity contribution in [3.8, 4) is 0 Å². The van der Waals surface area contributed by atoms with E-state index < -0.39 is 17.8 Å². The van der Waals surface area contributed by atoms with Crippen molar-refractivity contribution in [2.75, 3.05) is 0 Å². The second-order valence-corrected chi connectivity index (χ2v) is 1.69. The Hall–Kier alpha value is -1.38. The van der Waals surface area contributed by atoms with Crippen LogP contribution in [0.25, 0.3) is 0 Å². The second kappa shape index (κ2) is 2.47. The minimum absolute atomic E-state index is 0.228. The summed E-state index contributed by atoms with van der Waals surface area (Å²) in [5.41, 5.74) is 4.46. The average Bonchev–Trinajstić information content (AvgIpc) is 1.97. The van der Waals surface area contributed by atoms with Gasteiger partial charge in [-0.25, -0.2) is 4.39 Å². The van der Waals surface area contributed by atoms with Crippen molar-refractivity contribution in [2.45, 2.75) is 0 Å². The van der Waals surface area contributed by atoms with Crippen LogP contribution in [0.1, 0.15) is 13.1 Å². The Bertz CT molecular complexity index is 340. The molecule has 1 aromatic rings. The average molecular weight is 141 g/mol. The molecule has 2 nitrogen and oxygen atoms in total.